The predicted octanol–water partition coefficient (Wildman–Crippen LogP) is 1.65. The molecule has 0 aliphatic carbocycles. The average molecular weight is 278 g/mol. The van der Waals surface area contributed by atoms with Gasteiger partial charge in [-0.25, -0.2) is 4.39 Å². The van der Waals surface area contributed by atoms with Crippen LogP contribution in [0.3, 0.4) is 0 Å². The molecule has 2 rings (SSSR count). The molecule has 1 aromatic carbocycles. The Kier molecular flexibility index (Phi) is 5.20. The Bertz CT molecular complexity index is 543. The predicted molar refractivity (Wildman–Crippen MR) is 73.4 cm³/mol. The first kappa shape index (κ1) is 14.6. The van der Waals surface area contributed by atoms with E-state index >= 15 is 0 Å². The van der Waals surface area contributed by atoms with Gasteiger partial charge in [0.2, 0.25) is 0 Å². The lowest BCUT2D eigenvalue weighted by Gasteiger charge is -2.13. The minimum Gasteiger partial charge on any atom is -0.396 e. The zero-order valence-electron chi connectivity index (χ0n) is 11.5. The summed E-state index contributed by atoms with van der Waals surface area (Å²) >= 11 is 0. The van der Waals surface area contributed by atoms with Crippen LogP contribution in [-0.4, -0.2) is 26.7 Å². The largest absolute Gasteiger partial charge is 0.396 e. The summed E-state index contributed by atoms with van der Waals surface area (Å²) in [6.07, 6.45) is 2.51. The molecule has 0 spiro atoms. The summed E-state index contributed by atoms with van der Waals surface area (Å²) in [5.41, 5.74) is 1.73. The third-order valence-corrected chi connectivity index (χ3v) is 3.07. The highest BCUT2D eigenvalue weighted by Gasteiger charge is 2.07. The Morgan fingerprint density at radius 3 is 3.05 bits per heavy atom. The van der Waals surface area contributed by atoms with Crippen molar-refractivity contribution < 1.29 is 9.50 Å². The van der Waals surface area contributed by atoms with Crippen LogP contribution in [0, 0.1) is 5.82 Å². The minimum absolute atomic E-state index is 0.0355. The first-order valence-electron chi connectivity index (χ1n) is 6.68. The van der Waals surface area contributed by atoms with Crippen LogP contribution in [-0.2, 0) is 13.1 Å². The van der Waals surface area contributed by atoms with E-state index in [0.717, 1.165) is 11.3 Å². The lowest BCUT2D eigenvalue weighted by Crippen LogP contribution is -2.18. The summed E-state index contributed by atoms with van der Waals surface area (Å²) in [7, 11) is 0. The SMILES string of the molecule is C[C@H](NCc1cn(CCCO)nn1)c1cccc(F)c1. The fourth-order valence-corrected chi connectivity index (χ4v) is 1.91. The number of aliphatic hydroxyl groups is 1. The second kappa shape index (κ2) is 7.12. The van der Waals surface area contributed by atoms with Crippen molar-refractivity contribution in [2.24, 2.45) is 0 Å². The third kappa shape index (κ3) is 4.11. The average Bonchev–Trinajstić information content (AvgIpc) is 2.90. The molecule has 108 valence electrons. The van der Waals surface area contributed by atoms with E-state index in [9.17, 15) is 4.39 Å². The van der Waals surface area contributed by atoms with Crippen molar-refractivity contribution >= 4 is 0 Å². The standard InChI is InChI=1S/C14H19FN4O/c1-11(12-4-2-5-13(15)8-12)16-9-14-10-19(18-17-14)6-3-7-20/h2,4-5,8,10-11,16,20H,3,6-7,9H2,1H3/t11-/m0/s1. The molecular formula is C14H19FN4O. The number of aryl methyl sites for hydroxylation is 1. The molecule has 0 unspecified atom stereocenters. The van der Waals surface area contributed by atoms with Crippen molar-refractivity contribution in [1.29, 1.82) is 0 Å². The highest BCUT2D eigenvalue weighted by atomic mass is 19.1. The molecule has 0 amide bonds. The molecule has 0 saturated carbocycles. The van der Waals surface area contributed by atoms with Gasteiger partial charge in [-0.1, -0.05) is 17.3 Å². The number of hydrogen-bond donors (Lipinski definition) is 2. The van der Waals surface area contributed by atoms with Crippen LogP contribution in [0.15, 0.2) is 30.5 Å². The first-order chi connectivity index (χ1) is 9.69. The number of nitrogens with zero attached hydrogens (tertiary/aromatic N) is 3. The van der Waals surface area contributed by atoms with Gasteiger partial charge in [-0.05, 0) is 31.0 Å². The van der Waals surface area contributed by atoms with Crippen LogP contribution >= 0.6 is 0 Å². The maximum atomic E-state index is 13.1. The smallest absolute Gasteiger partial charge is 0.123 e. The maximum Gasteiger partial charge on any atom is 0.123 e. The number of aromatic nitrogens is 3. The quantitative estimate of drug-likeness (QED) is 0.808. The lowest BCUT2D eigenvalue weighted by molar-refractivity contribution is 0.276. The molecule has 1 atom stereocenters. The van der Waals surface area contributed by atoms with E-state index in [1.165, 1.54) is 12.1 Å². The summed E-state index contributed by atoms with van der Waals surface area (Å²) in [6.45, 7) is 3.34. The van der Waals surface area contributed by atoms with Gasteiger partial charge in [-0.2, -0.15) is 0 Å². The van der Waals surface area contributed by atoms with Gasteiger partial charge < -0.3 is 10.4 Å². The fraction of sp³-hybridized carbons (Fsp3) is 0.429. The fourth-order valence-electron chi connectivity index (χ4n) is 1.91. The Morgan fingerprint density at radius 2 is 2.30 bits per heavy atom. The minimum atomic E-state index is -0.230. The van der Waals surface area contributed by atoms with E-state index in [1.54, 1.807) is 10.7 Å². The van der Waals surface area contributed by atoms with E-state index in [0.29, 0.717) is 19.5 Å². The van der Waals surface area contributed by atoms with Crippen molar-refractivity contribution in [2.45, 2.75) is 32.5 Å². The Balaban J connectivity index is 1.86. The number of hydrogen-bond acceptors (Lipinski definition) is 4. The zero-order valence-corrected chi connectivity index (χ0v) is 11.5. The molecule has 0 bridgehead atoms. The molecule has 0 fully saturated rings. The Morgan fingerprint density at radius 1 is 1.45 bits per heavy atom. The van der Waals surface area contributed by atoms with E-state index < -0.39 is 0 Å². The van der Waals surface area contributed by atoms with Crippen LogP contribution in [0.4, 0.5) is 4.39 Å². The van der Waals surface area contributed by atoms with Crippen molar-refractivity contribution in [3.8, 4) is 0 Å². The molecule has 5 nitrogen and oxygen atoms in total. The molecule has 1 aromatic heterocycles. The van der Waals surface area contributed by atoms with Crippen LogP contribution < -0.4 is 5.32 Å². The van der Waals surface area contributed by atoms with E-state index in [1.807, 2.05) is 19.2 Å². The second-order valence-electron chi connectivity index (χ2n) is 4.71. The monoisotopic (exact) mass is 278 g/mol. The molecule has 0 aliphatic rings. The van der Waals surface area contributed by atoms with Gasteiger partial charge in [-0.3, -0.25) is 4.68 Å². The summed E-state index contributed by atoms with van der Waals surface area (Å²) < 4.78 is 14.8. The van der Waals surface area contributed by atoms with Crippen LogP contribution in [0.2, 0.25) is 0 Å². The number of nitrogens with one attached hydrogen (secondary N) is 1. The van der Waals surface area contributed by atoms with Gasteiger partial charge in [0.25, 0.3) is 0 Å². The third-order valence-electron chi connectivity index (χ3n) is 3.07. The Labute approximate surface area is 117 Å². The number of rotatable bonds is 7. The van der Waals surface area contributed by atoms with Crippen LogP contribution in [0.25, 0.3) is 0 Å². The normalized spacial score (nSPS) is 12.6. The number of halogens is 1. The number of aliphatic hydroxyl groups excluding tert-OH is 1. The second-order valence-corrected chi connectivity index (χ2v) is 4.71. The van der Waals surface area contributed by atoms with Crippen molar-refractivity contribution in [3.05, 3.63) is 47.5 Å². The van der Waals surface area contributed by atoms with Crippen molar-refractivity contribution in [3.63, 3.8) is 0 Å². The van der Waals surface area contributed by atoms with E-state index in [4.69, 9.17) is 5.11 Å². The molecular weight excluding hydrogens is 259 g/mol. The highest BCUT2D eigenvalue weighted by molar-refractivity contribution is 5.19. The molecule has 0 saturated heterocycles. The van der Waals surface area contributed by atoms with E-state index in [2.05, 4.69) is 15.6 Å². The number of benzene rings is 1. The topological polar surface area (TPSA) is 63.0 Å². The highest BCUT2D eigenvalue weighted by Crippen LogP contribution is 2.13. The molecule has 1 heterocycles. The molecule has 20 heavy (non-hydrogen) atoms. The molecule has 2 N–H and O–H groups in total. The van der Waals surface area contributed by atoms with Crippen LogP contribution in [0.1, 0.15) is 30.6 Å². The first-order valence-corrected chi connectivity index (χ1v) is 6.68. The van der Waals surface area contributed by atoms with E-state index in [-0.39, 0.29) is 18.5 Å². The van der Waals surface area contributed by atoms with Gasteiger partial charge in [0, 0.05) is 31.9 Å². The Hall–Kier alpha value is -1.79. The van der Waals surface area contributed by atoms with Crippen molar-refractivity contribution in [2.75, 3.05) is 6.61 Å². The summed E-state index contributed by atoms with van der Waals surface area (Å²) in [4.78, 5) is 0. The van der Waals surface area contributed by atoms with Gasteiger partial charge in [0.15, 0.2) is 0 Å². The molecule has 0 radical (unpaired) electrons. The van der Waals surface area contributed by atoms with Gasteiger partial charge in [0.1, 0.15) is 5.82 Å². The van der Waals surface area contributed by atoms with Gasteiger partial charge >= 0.3 is 0 Å². The lowest BCUT2D eigenvalue weighted by atomic mass is 10.1. The molecule has 6 heteroatoms. The van der Waals surface area contributed by atoms with Gasteiger partial charge in [0.05, 0.1) is 5.69 Å². The van der Waals surface area contributed by atoms with Crippen LogP contribution in [0.5, 0.6) is 0 Å². The summed E-state index contributed by atoms with van der Waals surface area (Å²) in [5, 5.41) is 20.1. The summed E-state index contributed by atoms with van der Waals surface area (Å²) in [5.74, 6) is -0.230. The maximum absolute atomic E-state index is 13.1. The zero-order chi connectivity index (χ0) is 14.4. The molecule has 0 aliphatic heterocycles. The van der Waals surface area contributed by atoms with Crippen molar-refractivity contribution in [1.82, 2.24) is 20.3 Å². The summed E-state index contributed by atoms with van der Waals surface area (Å²) in [6, 6.07) is 6.58. The van der Waals surface area contributed by atoms with Gasteiger partial charge in [-0.15, -0.1) is 5.10 Å². The molecule has 2 aromatic rings.